The first-order valence-electron chi connectivity index (χ1n) is 9.02. The minimum Gasteiger partial charge on any atom is -0.346 e. The molecule has 0 saturated heterocycles. The van der Waals surface area contributed by atoms with E-state index >= 15 is 0 Å². The van der Waals surface area contributed by atoms with Gasteiger partial charge in [0.15, 0.2) is 0 Å². The molecule has 3 nitrogen and oxygen atoms in total. The van der Waals surface area contributed by atoms with Gasteiger partial charge in [-0.2, -0.15) is 0 Å². The van der Waals surface area contributed by atoms with Gasteiger partial charge < -0.3 is 5.32 Å². The van der Waals surface area contributed by atoms with Crippen molar-refractivity contribution in [3.63, 3.8) is 0 Å². The Morgan fingerprint density at radius 1 is 1.00 bits per heavy atom. The summed E-state index contributed by atoms with van der Waals surface area (Å²) < 4.78 is 0. The molecular weight excluding hydrogens is 320 g/mol. The number of nitrogens with zero attached hydrogens (tertiary/aromatic N) is 1. The zero-order valence-corrected chi connectivity index (χ0v) is 16.1. The zero-order valence-electron chi connectivity index (χ0n) is 16.1. The van der Waals surface area contributed by atoms with Gasteiger partial charge >= 0.3 is 0 Å². The lowest BCUT2D eigenvalue weighted by atomic mass is 9.86. The summed E-state index contributed by atoms with van der Waals surface area (Å²) in [6, 6.07) is 16.2. The average Bonchev–Trinajstić information content (AvgIpc) is 2.60. The fourth-order valence-electron chi connectivity index (χ4n) is 3.05. The highest BCUT2D eigenvalue weighted by atomic mass is 16.1. The van der Waals surface area contributed by atoms with Crippen LogP contribution < -0.4 is 5.32 Å². The van der Waals surface area contributed by atoms with Crippen LogP contribution in [0.1, 0.15) is 60.9 Å². The lowest BCUT2D eigenvalue weighted by molar-refractivity contribution is 0.0940. The van der Waals surface area contributed by atoms with E-state index in [1.54, 1.807) is 6.20 Å². The van der Waals surface area contributed by atoms with Crippen LogP contribution >= 0.6 is 0 Å². The number of carbonyl (C=O) groups is 1. The van der Waals surface area contributed by atoms with Crippen molar-refractivity contribution in [2.45, 2.75) is 46.1 Å². The van der Waals surface area contributed by atoms with E-state index in [0.717, 1.165) is 22.0 Å². The number of benzene rings is 2. The first kappa shape index (κ1) is 18.1. The second kappa shape index (κ2) is 6.91. The van der Waals surface area contributed by atoms with E-state index in [9.17, 15) is 4.79 Å². The summed E-state index contributed by atoms with van der Waals surface area (Å²) >= 11 is 0. The number of pyridine rings is 1. The highest BCUT2D eigenvalue weighted by molar-refractivity contribution is 5.98. The third-order valence-electron chi connectivity index (χ3n) is 4.74. The van der Waals surface area contributed by atoms with Gasteiger partial charge in [-0.25, -0.2) is 0 Å². The third kappa shape index (κ3) is 3.93. The Bertz CT molecular complexity index is 954. The van der Waals surface area contributed by atoms with Crippen molar-refractivity contribution in [3.05, 3.63) is 77.1 Å². The van der Waals surface area contributed by atoms with Crippen LogP contribution in [0, 0.1) is 6.92 Å². The van der Waals surface area contributed by atoms with Crippen LogP contribution in [0.4, 0.5) is 0 Å². The van der Waals surface area contributed by atoms with E-state index in [4.69, 9.17) is 0 Å². The lowest BCUT2D eigenvalue weighted by Gasteiger charge is -2.19. The van der Waals surface area contributed by atoms with Gasteiger partial charge in [-0.15, -0.1) is 0 Å². The summed E-state index contributed by atoms with van der Waals surface area (Å²) in [7, 11) is 0. The van der Waals surface area contributed by atoms with Crippen LogP contribution in [-0.2, 0) is 5.41 Å². The maximum Gasteiger partial charge on any atom is 0.251 e. The Hall–Kier alpha value is -2.68. The van der Waals surface area contributed by atoms with Crippen molar-refractivity contribution < 1.29 is 4.79 Å². The average molecular weight is 346 g/mol. The second-order valence-electron chi connectivity index (χ2n) is 7.95. The summed E-state index contributed by atoms with van der Waals surface area (Å²) in [5.74, 6) is -0.0613. The summed E-state index contributed by atoms with van der Waals surface area (Å²) in [5.41, 5.74) is 4.09. The van der Waals surface area contributed by atoms with Crippen molar-refractivity contribution in [2.75, 3.05) is 0 Å². The molecule has 3 aromatic rings. The summed E-state index contributed by atoms with van der Waals surface area (Å²) in [6.07, 6.45) is 1.77. The molecule has 1 heterocycles. The molecule has 1 unspecified atom stereocenters. The largest absolute Gasteiger partial charge is 0.346 e. The van der Waals surface area contributed by atoms with Crippen LogP contribution in [0.25, 0.3) is 10.8 Å². The smallest absolute Gasteiger partial charge is 0.251 e. The van der Waals surface area contributed by atoms with Gasteiger partial charge in [0.25, 0.3) is 5.91 Å². The van der Waals surface area contributed by atoms with E-state index in [1.807, 2.05) is 44.2 Å². The van der Waals surface area contributed by atoms with Gasteiger partial charge in [0.05, 0.1) is 6.04 Å². The number of aromatic nitrogens is 1. The number of hydrogen-bond acceptors (Lipinski definition) is 2. The Labute approximate surface area is 155 Å². The normalized spacial score (nSPS) is 12.8. The molecule has 0 aliphatic carbocycles. The fraction of sp³-hybridized carbons (Fsp3) is 0.304. The van der Waals surface area contributed by atoms with Crippen LogP contribution in [0.5, 0.6) is 0 Å². The SMILES string of the molecule is Cc1cc(C(C)NC(=O)c2ccc3cc(C(C)(C)C)ccc3c2)ccn1. The van der Waals surface area contributed by atoms with Crippen LogP contribution in [-0.4, -0.2) is 10.9 Å². The van der Waals surface area contributed by atoms with Gasteiger partial charge in [-0.1, -0.05) is 45.0 Å². The summed E-state index contributed by atoms with van der Waals surface area (Å²) in [4.78, 5) is 16.9. The highest BCUT2D eigenvalue weighted by Crippen LogP contribution is 2.26. The topological polar surface area (TPSA) is 42.0 Å². The van der Waals surface area contributed by atoms with E-state index in [1.165, 1.54) is 5.56 Å². The Kier molecular flexibility index (Phi) is 4.82. The van der Waals surface area contributed by atoms with Crippen LogP contribution in [0.2, 0.25) is 0 Å². The van der Waals surface area contributed by atoms with Crippen LogP contribution in [0.3, 0.4) is 0 Å². The van der Waals surface area contributed by atoms with Crippen molar-refractivity contribution in [1.82, 2.24) is 10.3 Å². The molecule has 3 heteroatoms. The highest BCUT2D eigenvalue weighted by Gasteiger charge is 2.15. The molecule has 0 aliphatic rings. The molecule has 0 bridgehead atoms. The Morgan fingerprint density at radius 2 is 1.69 bits per heavy atom. The zero-order chi connectivity index (χ0) is 18.9. The van der Waals surface area contributed by atoms with E-state index in [-0.39, 0.29) is 17.4 Å². The minimum atomic E-state index is -0.0665. The van der Waals surface area contributed by atoms with E-state index < -0.39 is 0 Å². The fourth-order valence-corrected chi connectivity index (χ4v) is 3.05. The number of fused-ring (bicyclic) bond motifs is 1. The summed E-state index contributed by atoms with van der Waals surface area (Å²) in [5, 5.41) is 5.31. The van der Waals surface area contributed by atoms with E-state index in [0.29, 0.717) is 5.56 Å². The van der Waals surface area contributed by atoms with Gasteiger partial charge in [0.2, 0.25) is 0 Å². The number of amides is 1. The van der Waals surface area contributed by atoms with Crippen molar-refractivity contribution in [3.8, 4) is 0 Å². The molecule has 0 fully saturated rings. The standard InChI is InChI=1S/C23H26N2O/c1-15-12-17(10-11-24-15)16(2)25-22(26)20-7-6-19-14-21(23(3,4)5)9-8-18(19)13-20/h6-14,16H,1-5H3,(H,25,26). The molecular formula is C23H26N2O. The molecule has 26 heavy (non-hydrogen) atoms. The Morgan fingerprint density at radius 3 is 2.38 bits per heavy atom. The number of carbonyl (C=O) groups excluding carboxylic acids is 1. The third-order valence-corrected chi connectivity index (χ3v) is 4.74. The number of hydrogen-bond donors (Lipinski definition) is 1. The maximum atomic E-state index is 12.7. The number of rotatable bonds is 3. The first-order chi connectivity index (χ1) is 12.2. The molecule has 2 aromatic carbocycles. The molecule has 3 rings (SSSR count). The molecule has 1 aromatic heterocycles. The van der Waals surface area contributed by atoms with Gasteiger partial charge in [-0.05, 0) is 65.4 Å². The summed E-state index contributed by atoms with van der Waals surface area (Å²) in [6.45, 7) is 10.6. The molecule has 1 amide bonds. The molecule has 0 aliphatic heterocycles. The predicted molar refractivity (Wildman–Crippen MR) is 108 cm³/mol. The molecule has 134 valence electrons. The molecule has 0 radical (unpaired) electrons. The maximum absolute atomic E-state index is 12.7. The van der Waals surface area contributed by atoms with Crippen molar-refractivity contribution >= 4 is 16.7 Å². The molecule has 0 spiro atoms. The van der Waals surface area contributed by atoms with Gasteiger partial charge in [0.1, 0.15) is 0 Å². The molecule has 1 atom stereocenters. The van der Waals surface area contributed by atoms with Gasteiger partial charge in [-0.3, -0.25) is 9.78 Å². The van der Waals surface area contributed by atoms with Crippen molar-refractivity contribution in [1.29, 1.82) is 0 Å². The monoisotopic (exact) mass is 346 g/mol. The van der Waals surface area contributed by atoms with Crippen molar-refractivity contribution in [2.24, 2.45) is 0 Å². The lowest BCUT2D eigenvalue weighted by Crippen LogP contribution is -2.26. The minimum absolute atomic E-state index is 0.0613. The quantitative estimate of drug-likeness (QED) is 0.696. The van der Waals surface area contributed by atoms with E-state index in [2.05, 4.69) is 49.3 Å². The van der Waals surface area contributed by atoms with Crippen LogP contribution in [0.15, 0.2) is 54.7 Å². The first-order valence-corrected chi connectivity index (χ1v) is 9.02. The Balaban J connectivity index is 1.82. The predicted octanol–water partition coefficient (Wildman–Crippen LogP) is 5.33. The molecule has 0 saturated carbocycles. The number of nitrogens with one attached hydrogen (secondary N) is 1. The number of aryl methyl sites for hydroxylation is 1. The van der Waals surface area contributed by atoms with Gasteiger partial charge in [0, 0.05) is 17.5 Å². The second-order valence-corrected chi connectivity index (χ2v) is 7.95. The molecule has 1 N–H and O–H groups in total.